The van der Waals surface area contributed by atoms with Crippen LogP contribution in [0, 0.1) is 17.2 Å². The lowest BCUT2D eigenvalue weighted by molar-refractivity contribution is -0.115. The van der Waals surface area contributed by atoms with Gasteiger partial charge >= 0.3 is 0 Å². The Balaban J connectivity index is 1.42. The van der Waals surface area contributed by atoms with Crippen LogP contribution in [0.2, 0.25) is 0 Å². The molecule has 1 saturated carbocycles. The molecule has 0 spiro atoms. The van der Waals surface area contributed by atoms with Crippen LogP contribution in [0.4, 0.5) is 5.82 Å². The highest BCUT2D eigenvalue weighted by molar-refractivity contribution is 8.26. The molecule has 1 aliphatic rings. The first kappa shape index (κ1) is 21.0. The topological polar surface area (TPSA) is 117 Å². The van der Waals surface area contributed by atoms with Crippen molar-refractivity contribution in [3.8, 4) is 0 Å². The molecule has 1 amide bonds. The number of hydrogen-bond donors (Lipinski definition) is 3. The number of nitrogens with one attached hydrogen (secondary N) is 2. The molecule has 1 aromatic heterocycles. The van der Waals surface area contributed by atoms with Gasteiger partial charge < -0.3 is 11.1 Å². The summed E-state index contributed by atoms with van der Waals surface area (Å²) >= 11 is 1.27. The molecule has 0 unspecified atom stereocenters. The molecule has 0 aliphatic heterocycles. The molecule has 1 aromatic carbocycles. The summed E-state index contributed by atoms with van der Waals surface area (Å²) in [7, 11) is 0. The number of aromatic nitrogens is 2. The van der Waals surface area contributed by atoms with E-state index in [0.717, 1.165) is 30.5 Å². The van der Waals surface area contributed by atoms with Crippen molar-refractivity contribution in [3.63, 3.8) is 0 Å². The van der Waals surface area contributed by atoms with Crippen molar-refractivity contribution in [3.05, 3.63) is 53.7 Å². The van der Waals surface area contributed by atoms with Crippen LogP contribution < -0.4 is 11.1 Å². The van der Waals surface area contributed by atoms with Gasteiger partial charge in [0.25, 0.3) is 0 Å². The number of aliphatic imine (C=N–C) groups is 1. The molecule has 2 aromatic rings. The summed E-state index contributed by atoms with van der Waals surface area (Å²) < 4.78 is 0. The maximum atomic E-state index is 12.1. The number of rotatable bonds is 7. The minimum Gasteiger partial charge on any atom is -0.378 e. The predicted molar refractivity (Wildman–Crippen MR) is 118 cm³/mol. The Bertz CT molecular complexity index is 862. The zero-order valence-electron chi connectivity index (χ0n) is 16.5. The lowest BCUT2D eigenvalue weighted by atomic mass is 9.73. The quantitative estimate of drug-likeness (QED) is 0.478. The maximum Gasteiger partial charge on any atom is 0.229 e. The van der Waals surface area contributed by atoms with Gasteiger partial charge in [-0.15, -0.1) is 5.10 Å². The zero-order chi connectivity index (χ0) is 20.6. The molecular formula is C21H26N6OS. The molecule has 0 radical (unpaired) electrons. The molecule has 29 heavy (non-hydrogen) atoms. The number of hydrogen-bond acceptors (Lipinski definition) is 6. The highest BCUT2D eigenvalue weighted by atomic mass is 32.2. The number of benzene rings is 1. The first-order chi connectivity index (χ1) is 14.0. The van der Waals surface area contributed by atoms with Crippen molar-refractivity contribution in [1.82, 2.24) is 10.2 Å². The fourth-order valence-electron chi connectivity index (χ4n) is 3.30. The van der Waals surface area contributed by atoms with Crippen LogP contribution >= 0.6 is 11.8 Å². The second-order valence-electron chi connectivity index (χ2n) is 7.14. The third-order valence-corrected chi connectivity index (χ3v) is 5.72. The summed E-state index contributed by atoms with van der Waals surface area (Å²) in [6.07, 6.45) is 3.06. The molecule has 1 heterocycles. The van der Waals surface area contributed by atoms with Gasteiger partial charge in [0.15, 0.2) is 11.0 Å². The van der Waals surface area contributed by atoms with Crippen LogP contribution in [-0.2, 0) is 17.6 Å². The highest BCUT2D eigenvalue weighted by Gasteiger charge is 2.33. The Morgan fingerprint density at radius 3 is 2.66 bits per heavy atom. The third-order valence-electron chi connectivity index (χ3n) is 4.83. The van der Waals surface area contributed by atoms with Gasteiger partial charge in [0.2, 0.25) is 5.91 Å². The Morgan fingerprint density at radius 1 is 1.24 bits per heavy atom. The van der Waals surface area contributed by atoms with Gasteiger partial charge in [-0.05, 0) is 61.6 Å². The Hall–Kier alpha value is -2.74. The molecule has 7 nitrogen and oxygen atoms in total. The van der Waals surface area contributed by atoms with Gasteiger partial charge in [0.1, 0.15) is 0 Å². The molecule has 152 valence electrons. The van der Waals surface area contributed by atoms with Gasteiger partial charge in [-0.25, -0.2) is 0 Å². The van der Waals surface area contributed by atoms with E-state index in [1.807, 2.05) is 43.3 Å². The van der Waals surface area contributed by atoms with E-state index in [-0.39, 0.29) is 11.8 Å². The van der Waals surface area contributed by atoms with E-state index >= 15 is 0 Å². The Labute approximate surface area is 175 Å². The standard InChI is InChI=1S/C21H26N6OS/c1-2-24-21(23)29-20(22)16-10-15(11-16)12-17-8-9-18(27-26-17)25-19(28)13-14-6-4-3-5-7-14/h3-9,15-16,22H,2,10-13H2,1H3,(H2,23,24)(H,25,27,28). The normalized spacial score (nSPS) is 18.7. The number of amidine groups is 1. The van der Waals surface area contributed by atoms with E-state index < -0.39 is 0 Å². The van der Waals surface area contributed by atoms with Gasteiger partial charge in [-0.3, -0.25) is 15.2 Å². The molecule has 3 rings (SSSR count). The summed E-state index contributed by atoms with van der Waals surface area (Å²) in [5.41, 5.74) is 7.64. The smallest absolute Gasteiger partial charge is 0.229 e. The third kappa shape index (κ3) is 6.39. The van der Waals surface area contributed by atoms with Gasteiger partial charge in [-0.1, -0.05) is 30.3 Å². The van der Waals surface area contributed by atoms with Crippen molar-refractivity contribution in [2.45, 2.75) is 32.6 Å². The maximum absolute atomic E-state index is 12.1. The van der Waals surface area contributed by atoms with Crippen molar-refractivity contribution in [2.75, 3.05) is 11.9 Å². The summed E-state index contributed by atoms with van der Waals surface area (Å²) in [6, 6.07) is 13.3. The van der Waals surface area contributed by atoms with Gasteiger partial charge in [0.05, 0.1) is 17.2 Å². The summed E-state index contributed by atoms with van der Waals surface area (Å²) in [4.78, 5) is 16.2. The molecule has 0 saturated heterocycles. The number of amides is 1. The fourth-order valence-corrected chi connectivity index (χ4v) is 4.08. The van der Waals surface area contributed by atoms with Crippen molar-refractivity contribution >= 4 is 33.7 Å². The molecule has 4 N–H and O–H groups in total. The van der Waals surface area contributed by atoms with E-state index in [4.69, 9.17) is 11.1 Å². The number of thioether (sulfide) groups is 1. The van der Waals surface area contributed by atoms with Crippen LogP contribution in [0.1, 0.15) is 31.0 Å². The number of nitrogens with two attached hydrogens (primary N) is 1. The molecular weight excluding hydrogens is 384 g/mol. The van der Waals surface area contributed by atoms with Crippen LogP contribution in [0.5, 0.6) is 0 Å². The van der Waals surface area contributed by atoms with Gasteiger partial charge in [0, 0.05) is 12.5 Å². The fraction of sp³-hybridized carbons (Fsp3) is 0.381. The van der Waals surface area contributed by atoms with E-state index in [1.165, 1.54) is 11.8 Å². The monoisotopic (exact) mass is 410 g/mol. The largest absolute Gasteiger partial charge is 0.378 e. The second kappa shape index (κ2) is 10.2. The zero-order valence-corrected chi connectivity index (χ0v) is 17.3. The molecule has 8 heteroatoms. The second-order valence-corrected chi connectivity index (χ2v) is 8.20. The first-order valence-electron chi connectivity index (χ1n) is 9.76. The van der Waals surface area contributed by atoms with E-state index in [2.05, 4.69) is 20.5 Å². The molecule has 1 aliphatic carbocycles. The summed E-state index contributed by atoms with van der Waals surface area (Å²) in [5, 5.41) is 20.3. The SMILES string of the molecule is CCN=C(N)SC(=N)C1CC(Cc2ccc(NC(=O)Cc3ccccc3)nn2)C1. The van der Waals surface area contributed by atoms with Crippen molar-refractivity contribution in [2.24, 2.45) is 22.6 Å². The lowest BCUT2D eigenvalue weighted by Gasteiger charge is -2.35. The van der Waals surface area contributed by atoms with Gasteiger partial charge in [-0.2, -0.15) is 5.10 Å². The Morgan fingerprint density at radius 2 is 2.00 bits per heavy atom. The van der Waals surface area contributed by atoms with E-state index in [9.17, 15) is 4.79 Å². The average Bonchev–Trinajstić information content (AvgIpc) is 2.66. The van der Waals surface area contributed by atoms with E-state index in [0.29, 0.717) is 34.9 Å². The van der Waals surface area contributed by atoms with Crippen LogP contribution in [0.3, 0.4) is 0 Å². The highest BCUT2D eigenvalue weighted by Crippen LogP contribution is 2.38. The van der Waals surface area contributed by atoms with Crippen molar-refractivity contribution in [1.29, 1.82) is 5.41 Å². The predicted octanol–water partition coefficient (Wildman–Crippen LogP) is 3.27. The summed E-state index contributed by atoms with van der Waals surface area (Å²) in [5.74, 6) is 1.12. The van der Waals surface area contributed by atoms with E-state index in [1.54, 1.807) is 6.07 Å². The number of carbonyl (C=O) groups is 1. The van der Waals surface area contributed by atoms with Crippen LogP contribution in [-0.4, -0.2) is 32.9 Å². The average molecular weight is 411 g/mol. The number of anilines is 1. The van der Waals surface area contributed by atoms with Crippen molar-refractivity contribution < 1.29 is 4.79 Å². The summed E-state index contributed by atoms with van der Waals surface area (Å²) in [6.45, 7) is 2.57. The van der Waals surface area contributed by atoms with Crippen LogP contribution in [0.15, 0.2) is 47.5 Å². The lowest BCUT2D eigenvalue weighted by Crippen LogP contribution is -2.31. The minimum absolute atomic E-state index is 0.109. The number of carbonyl (C=O) groups excluding carboxylic acids is 1. The number of nitrogens with zero attached hydrogens (tertiary/aromatic N) is 3. The molecule has 0 bridgehead atoms. The Kier molecular flexibility index (Phi) is 7.35. The molecule has 0 atom stereocenters. The minimum atomic E-state index is -0.109. The van der Waals surface area contributed by atoms with Crippen LogP contribution in [0.25, 0.3) is 0 Å². The molecule has 1 fully saturated rings. The first-order valence-corrected chi connectivity index (χ1v) is 10.6.